The van der Waals surface area contributed by atoms with Gasteiger partial charge in [-0.25, -0.2) is 8.42 Å². The molecule has 8 nitrogen and oxygen atoms in total. The molecule has 0 spiro atoms. The van der Waals surface area contributed by atoms with Crippen LogP contribution in [0.1, 0.15) is 18.4 Å². The van der Waals surface area contributed by atoms with Crippen molar-refractivity contribution < 1.29 is 13.3 Å². The number of rotatable bonds is 6. The van der Waals surface area contributed by atoms with E-state index in [-0.39, 0.29) is 10.6 Å². The highest BCUT2D eigenvalue weighted by Gasteiger charge is 2.30. The van der Waals surface area contributed by atoms with Gasteiger partial charge in [0.1, 0.15) is 5.69 Å². The molecule has 2 aromatic rings. The van der Waals surface area contributed by atoms with Gasteiger partial charge in [0, 0.05) is 45.1 Å². The first-order chi connectivity index (χ1) is 12.4. The molecule has 0 saturated carbocycles. The van der Waals surface area contributed by atoms with Gasteiger partial charge in [-0.05, 0) is 36.6 Å². The van der Waals surface area contributed by atoms with Gasteiger partial charge in [0.2, 0.25) is 10.0 Å². The average Bonchev–Trinajstić information content (AvgIpc) is 3.17. The molecule has 138 valence electrons. The molecule has 1 aliphatic heterocycles. The Morgan fingerprint density at radius 3 is 2.62 bits per heavy atom. The van der Waals surface area contributed by atoms with Crippen LogP contribution in [0.3, 0.4) is 0 Å². The van der Waals surface area contributed by atoms with Gasteiger partial charge < -0.3 is 4.90 Å². The fourth-order valence-corrected chi connectivity index (χ4v) is 4.60. The highest BCUT2D eigenvalue weighted by molar-refractivity contribution is 7.89. The molecule has 9 heteroatoms. The van der Waals surface area contributed by atoms with Gasteiger partial charge in [0.05, 0.1) is 9.82 Å². The molecular formula is C17H20N4O4S. The first-order valence-corrected chi connectivity index (χ1v) is 9.72. The molecule has 0 N–H and O–H groups in total. The van der Waals surface area contributed by atoms with E-state index in [9.17, 15) is 18.5 Å². The lowest BCUT2D eigenvalue weighted by Crippen LogP contribution is -2.28. The molecule has 0 bridgehead atoms. The van der Waals surface area contributed by atoms with Crippen LogP contribution in [-0.2, 0) is 16.6 Å². The molecular weight excluding hydrogens is 356 g/mol. The minimum atomic E-state index is -3.70. The summed E-state index contributed by atoms with van der Waals surface area (Å²) in [5.74, 6) is 0. The smallest absolute Gasteiger partial charge is 0.293 e. The highest BCUT2D eigenvalue weighted by atomic mass is 32.2. The Bertz CT molecular complexity index is 896. The molecule has 3 rings (SSSR count). The van der Waals surface area contributed by atoms with E-state index in [1.807, 2.05) is 6.07 Å². The molecule has 1 aromatic heterocycles. The van der Waals surface area contributed by atoms with E-state index in [1.165, 1.54) is 16.4 Å². The van der Waals surface area contributed by atoms with Crippen molar-refractivity contribution in [2.45, 2.75) is 24.3 Å². The fourth-order valence-electron chi connectivity index (χ4n) is 3.06. The summed E-state index contributed by atoms with van der Waals surface area (Å²) >= 11 is 0. The van der Waals surface area contributed by atoms with Crippen molar-refractivity contribution in [1.82, 2.24) is 9.29 Å². The Balaban J connectivity index is 1.93. The van der Waals surface area contributed by atoms with Gasteiger partial charge in [-0.15, -0.1) is 0 Å². The van der Waals surface area contributed by atoms with Crippen molar-refractivity contribution in [3.8, 4) is 0 Å². The summed E-state index contributed by atoms with van der Waals surface area (Å²) in [6.45, 7) is 1.34. The molecule has 2 heterocycles. The molecule has 0 atom stereocenters. The summed E-state index contributed by atoms with van der Waals surface area (Å²) in [6, 6.07) is 7.76. The first kappa shape index (κ1) is 18.3. The van der Waals surface area contributed by atoms with Crippen LogP contribution >= 0.6 is 0 Å². The van der Waals surface area contributed by atoms with E-state index in [4.69, 9.17) is 0 Å². The Hall–Kier alpha value is -2.52. The van der Waals surface area contributed by atoms with Crippen LogP contribution in [0.5, 0.6) is 0 Å². The van der Waals surface area contributed by atoms with Crippen molar-refractivity contribution in [1.29, 1.82) is 0 Å². The standard InChI is InChI=1S/C17H20N4O4S/c1-19(13-14-5-4-8-18-12-14)16-7-6-15(11-17(16)21(22)23)26(24,25)20-9-2-3-10-20/h4-8,11-12H,2-3,9-10,13H2,1H3. The van der Waals surface area contributed by atoms with Crippen LogP contribution < -0.4 is 4.90 Å². The van der Waals surface area contributed by atoms with E-state index in [1.54, 1.807) is 30.4 Å². The van der Waals surface area contributed by atoms with E-state index >= 15 is 0 Å². The second-order valence-electron chi connectivity index (χ2n) is 6.24. The normalized spacial score (nSPS) is 15.1. The van der Waals surface area contributed by atoms with Crippen LogP contribution in [0.15, 0.2) is 47.6 Å². The zero-order chi connectivity index (χ0) is 18.7. The topological polar surface area (TPSA) is 96.7 Å². The number of aromatic nitrogens is 1. The number of nitrogens with zero attached hydrogens (tertiary/aromatic N) is 4. The number of nitro benzene ring substituents is 1. The number of hydrogen-bond donors (Lipinski definition) is 0. The van der Waals surface area contributed by atoms with Crippen LogP contribution in [-0.4, -0.2) is 42.8 Å². The molecule has 0 amide bonds. The number of nitro groups is 1. The predicted molar refractivity (Wildman–Crippen MR) is 97.4 cm³/mol. The maximum absolute atomic E-state index is 12.7. The fraction of sp³-hybridized carbons (Fsp3) is 0.353. The third-order valence-corrected chi connectivity index (χ3v) is 6.29. The Labute approximate surface area is 152 Å². The van der Waals surface area contributed by atoms with E-state index in [0.717, 1.165) is 24.5 Å². The largest absolute Gasteiger partial charge is 0.365 e. The van der Waals surface area contributed by atoms with E-state index in [2.05, 4.69) is 4.98 Å². The minimum Gasteiger partial charge on any atom is -0.365 e. The van der Waals surface area contributed by atoms with Gasteiger partial charge in [-0.2, -0.15) is 4.31 Å². The van der Waals surface area contributed by atoms with Crippen LogP contribution in [0.2, 0.25) is 0 Å². The Morgan fingerprint density at radius 1 is 1.27 bits per heavy atom. The summed E-state index contributed by atoms with van der Waals surface area (Å²) in [5, 5.41) is 11.5. The lowest BCUT2D eigenvalue weighted by molar-refractivity contribution is -0.384. The Morgan fingerprint density at radius 2 is 2.00 bits per heavy atom. The first-order valence-electron chi connectivity index (χ1n) is 8.28. The summed E-state index contributed by atoms with van der Waals surface area (Å²) in [7, 11) is -1.97. The molecule has 0 aliphatic carbocycles. The van der Waals surface area contributed by atoms with Gasteiger partial charge in [0.15, 0.2) is 0 Å². The molecule has 1 aromatic carbocycles. The van der Waals surface area contributed by atoms with E-state index < -0.39 is 14.9 Å². The zero-order valence-corrected chi connectivity index (χ0v) is 15.2. The number of pyridine rings is 1. The lowest BCUT2D eigenvalue weighted by atomic mass is 10.2. The molecule has 0 radical (unpaired) electrons. The number of anilines is 1. The van der Waals surface area contributed by atoms with Crippen LogP contribution in [0, 0.1) is 10.1 Å². The minimum absolute atomic E-state index is 0.0374. The van der Waals surface area contributed by atoms with Gasteiger partial charge >= 0.3 is 0 Å². The van der Waals surface area contributed by atoms with E-state index in [0.29, 0.717) is 25.3 Å². The summed E-state index contributed by atoms with van der Waals surface area (Å²) < 4.78 is 26.7. The van der Waals surface area contributed by atoms with Crippen molar-refractivity contribution >= 4 is 21.4 Å². The third-order valence-electron chi connectivity index (χ3n) is 4.40. The van der Waals surface area contributed by atoms with Crippen LogP contribution in [0.25, 0.3) is 0 Å². The second-order valence-corrected chi connectivity index (χ2v) is 8.17. The molecule has 1 aliphatic rings. The number of sulfonamides is 1. The monoisotopic (exact) mass is 376 g/mol. The number of hydrogen-bond acceptors (Lipinski definition) is 6. The quantitative estimate of drug-likeness (QED) is 0.567. The SMILES string of the molecule is CN(Cc1cccnc1)c1ccc(S(=O)(=O)N2CCCC2)cc1[N+](=O)[O-]. The Kier molecular flexibility index (Phi) is 5.19. The van der Waals surface area contributed by atoms with Crippen molar-refractivity contribution in [3.63, 3.8) is 0 Å². The maximum Gasteiger partial charge on any atom is 0.293 e. The van der Waals surface area contributed by atoms with Gasteiger partial charge in [-0.3, -0.25) is 15.1 Å². The molecule has 0 unspecified atom stereocenters. The lowest BCUT2D eigenvalue weighted by Gasteiger charge is -2.20. The summed E-state index contributed by atoms with van der Waals surface area (Å²) in [4.78, 5) is 16.7. The van der Waals surface area contributed by atoms with Gasteiger partial charge in [0.25, 0.3) is 5.69 Å². The highest BCUT2D eigenvalue weighted by Crippen LogP contribution is 2.32. The third kappa shape index (κ3) is 3.68. The van der Waals surface area contributed by atoms with Gasteiger partial charge in [-0.1, -0.05) is 6.07 Å². The predicted octanol–water partition coefficient (Wildman–Crippen LogP) is 2.41. The average molecular weight is 376 g/mol. The molecule has 1 saturated heterocycles. The zero-order valence-electron chi connectivity index (χ0n) is 14.4. The summed E-state index contributed by atoms with van der Waals surface area (Å²) in [5.41, 5.74) is 1.04. The van der Waals surface area contributed by atoms with Crippen molar-refractivity contribution in [2.75, 3.05) is 25.0 Å². The van der Waals surface area contributed by atoms with Crippen molar-refractivity contribution in [3.05, 3.63) is 58.4 Å². The molecule has 26 heavy (non-hydrogen) atoms. The van der Waals surface area contributed by atoms with Crippen LogP contribution in [0.4, 0.5) is 11.4 Å². The summed E-state index contributed by atoms with van der Waals surface area (Å²) in [6.07, 6.45) is 4.97. The second kappa shape index (κ2) is 7.38. The molecule has 1 fully saturated rings. The maximum atomic E-state index is 12.7. The number of benzene rings is 1. The van der Waals surface area contributed by atoms with Crippen molar-refractivity contribution in [2.24, 2.45) is 0 Å².